The monoisotopic (exact) mass is 322 g/mol. The lowest BCUT2D eigenvalue weighted by molar-refractivity contribution is -0.139. The zero-order chi connectivity index (χ0) is 17.5. The minimum atomic E-state index is -1.44. The van der Waals surface area contributed by atoms with Crippen LogP contribution in [0.2, 0.25) is 0 Å². The third kappa shape index (κ3) is 6.75. The molecule has 1 rings (SSSR count). The molecule has 0 aliphatic heterocycles. The van der Waals surface area contributed by atoms with Crippen molar-refractivity contribution in [2.75, 3.05) is 13.2 Å². The van der Waals surface area contributed by atoms with E-state index in [9.17, 15) is 19.5 Å². The summed E-state index contributed by atoms with van der Waals surface area (Å²) in [7, 11) is 0. The third-order valence-corrected chi connectivity index (χ3v) is 2.63. The lowest BCUT2D eigenvalue weighted by Crippen LogP contribution is -2.30. The molecule has 0 amide bonds. The summed E-state index contributed by atoms with van der Waals surface area (Å²) in [6.45, 7) is 2.85. The Morgan fingerprint density at radius 3 is 2.22 bits per heavy atom. The molecular weight excluding hydrogens is 304 g/mol. The van der Waals surface area contributed by atoms with Gasteiger partial charge >= 0.3 is 11.9 Å². The number of aliphatic hydroxyl groups is 1. The van der Waals surface area contributed by atoms with Gasteiger partial charge in [-0.15, -0.1) is 0 Å². The van der Waals surface area contributed by atoms with E-state index >= 15 is 0 Å². The van der Waals surface area contributed by atoms with Crippen LogP contribution in [-0.4, -0.2) is 46.7 Å². The van der Waals surface area contributed by atoms with Crippen LogP contribution in [0.15, 0.2) is 36.4 Å². The summed E-state index contributed by atoms with van der Waals surface area (Å²) in [6, 6.07) is 6.17. The number of carbonyl (C=O) groups is 3. The number of carbonyl (C=O) groups excluding carboxylic acids is 2. The molecule has 1 aromatic carbocycles. The van der Waals surface area contributed by atoms with Crippen LogP contribution in [0.5, 0.6) is 5.75 Å². The van der Waals surface area contributed by atoms with E-state index in [0.717, 1.165) is 6.08 Å². The highest BCUT2D eigenvalue weighted by atomic mass is 16.6. The fraction of sp³-hybridized carbons (Fsp3) is 0.312. The van der Waals surface area contributed by atoms with Gasteiger partial charge in [-0.3, -0.25) is 4.79 Å². The van der Waals surface area contributed by atoms with Gasteiger partial charge in [0, 0.05) is 17.7 Å². The van der Waals surface area contributed by atoms with Crippen LogP contribution in [0.1, 0.15) is 24.2 Å². The van der Waals surface area contributed by atoms with Crippen molar-refractivity contribution in [1.29, 1.82) is 0 Å². The molecule has 0 aliphatic rings. The standard InChI is InChI=1S/C16H18O7/c1-16(2,21)15(20)11-3-5-12(6-4-11)22-9-10-23-14(19)8-7-13(17)18/h3-8,21H,9-10H2,1-2H3,(H,17,18)/b8-7+. The molecule has 0 bridgehead atoms. The predicted octanol–water partition coefficient (Wildman–Crippen LogP) is 1.20. The summed E-state index contributed by atoms with van der Waals surface area (Å²) < 4.78 is 10.0. The van der Waals surface area contributed by atoms with E-state index in [1.807, 2.05) is 0 Å². The van der Waals surface area contributed by atoms with Crippen LogP contribution < -0.4 is 4.74 Å². The van der Waals surface area contributed by atoms with Gasteiger partial charge in [-0.25, -0.2) is 9.59 Å². The van der Waals surface area contributed by atoms with Crippen molar-refractivity contribution in [1.82, 2.24) is 0 Å². The lowest BCUT2D eigenvalue weighted by Gasteiger charge is -2.15. The van der Waals surface area contributed by atoms with Crippen LogP contribution in [0.4, 0.5) is 0 Å². The number of aliphatic carboxylic acids is 1. The van der Waals surface area contributed by atoms with Crippen LogP contribution in [0.3, 0.4) is 0 Å². The number of ether oxygens (including phenoxy) is 2. The van der Waals surface area contributed by atoms with Crippen molar-refractivity contribution in [2.45, 2.75) is 19.4 Å². The predicted molar refractivity (Wildman–Crippen MR) is 80.3 cm³/mol. The maximum atomic E-state index is 11.8. The van der Waals surface area contributed by atoms with Crippen molar-refractivity contribution in [3.8, 4) is 5.75 Å². The normalized spacial score (nSPS) is 11.3. The van der Waals surface area contributed by atoms with E-state index < -0.39 is 23.3 Å². The molecule has 0 spiro atoms. The molecule has 0 fully saturated rings. The molecule has 1 aromatic rings. The zero-order valence-corrected chi connectivity index (χ0v) is 12.8. The highest BCUT2D eigenvalue weighted by molar-refractivity contribution is 6.01. The molecule has 7 heteroatoms. The summed E-state index contributed by atoms with van der Waals surface area (Å²) in [4.78, 5) is 33.1. The van der Waals surface area contributed by atoms with Crippen molar-refractivity contribution >= 4 is 17.7 Å². The second kappa shape index (κ2) is 8.09. The van der Waals surface area contributed by atoms with E-state index in [-0.39, 0.29) is 13.2 Å². The van der Waals surface area contributed by atoms with Crippen molar-refractivity contribution in [3.05, 3.63) is 42.0 Å². The lowest BCUT2D eigenvalue weighted by atomic mass is 9.97. The Morgan fingerprint density at radius 1 is 1.09 bits per heavy atom. The number of ketones is 1. The maximum Gasteiger partial charge on any atom is 0.331 e. The van der Waals surface area contributed by atoms with Crippen LogP contribution >= 0.6 is 0 Å². The van der Waals surface area contributed by atoms with Gasteiger partial charge < -0.3 is 19.7 Å². The molecule has 2 N–H and O–H groups in total. The van der Waals surface area contributed by atoms with E-state index in [2.05, 4.69) is 0 Å². The van der Waals surface area contributed by atoms with E-state index in [0.29, 0.717) is 17.4 Å². The molecule has 0 aromatic heterocycles. The van der Waals surface area contributed by atoms with E-state index in [4.69, 9.17) is 14.6 Å². The Bertz CT molecular complexity index is 594. The fourth-order valence-corrected chi connectivity index (χ4v) is 1.54. The first-order valence-corrected chi connectivity index (χ1v) is 6.78. The van der Waals surface area contributed by atoms with E-state index in [1.165, 1.54) is 26.0 Å². The number of esters is 1. The number of hydrogen-bond donors (Lipinski definition) is 2. The SMILES string of the molecule is CC(C)(O)C(=O)c1ccc(OCCOC(=O)/C=C/C(=O)O)cc1. The van der Waals surface area contributed by atoms with E-state index in [1.54, 1.807) is 12.1 Å². The van der Waals surface area contributed by atoms with Gasteiger partial charge in [0.25, 0.3) is 0 Å². The van der Waals surface area contributed by atoms with Gasteiger partial charge in [0.15, 0.2) is 5.78 Å². The number of carboxylic acids is 1. The van der Waals surface area contributed by atoms with Gasteiger partial charge in [0.2, 0.25) is 0 Å². The first-order valence-electron chi connectivity index (χ1n) is 6.78. The van der Waals surface area contributed by atoms with Crippen molar-refractivity contribution < 1.29 is 34.1 Å². The topological polar surface area (TPSA) is 110 Å². The molecule has 23 heavy (non-hydrogen) atoms. The second-order valence-electron chi connectivity index (χ2n) is 5.10. The number of carboxylic acid groups (broad SMARTS) is 1. The average Bonchev–Trinajstić information content (AvgIpc) is 2.48. The highest BCUT2D eigenvalue weighted by Crippen LogP contribution is 2.17. The summed E-state index contributed by atoms with van der Waals surface area (Å²) in [5, 5.41) is 18.0. The molecular formula is C16H18O7. The van der Waals surface area contributed by atoms with Crippen molar-refractivity contribution in [2.24, 2.45) is 0 Å². The smallest absolute Gasteiger partial charge is 0.331 e. The highest BCUT2D eigenvalue weighted by Gasteiger charge is 2.24. The van der Waals surface area contributed by atoms with Gasteiger partial charge in [-0.05, 0) is 38.1 Å². The number of benzene rings is 1. The van der Waals surface area contributed by atoms with Gasteiger partial charge in [0.1, 0.15) is 24.6 Å². The first kappa shape index (κ1) is 18.4. The number of hydrogen-bond acceptors (Lipinski definition) is 6. The Kier molecular flexibility index (Phi) is 6.47. The second-order valence-corrected chi connectivity index (χ2v) is 5.10. The Hall–Kier alpha value is -2.67. The molecule has 0 radical (unpaired) electrons. The molecule has 124 valence electrons. The average molecular weight is 322 g/mol. The molecule has 0 unspecified atom stereocenters. The van der Waals surface area contributed by atoms with Gasteiger partial charge in [-0.1, -0.05) is 0 Å². The minimum absolute atomic E-state index is 0.0485. The Labute approximate surface area is 133 Å². The quantitative estimate of drug-likeness (QED) is 0.320. The van der Waals surface area contributed by atoms with Crippen LogP contribution in [-0.2, 0) is 14.3 Å². The summed E-state index contributed by atoms with van der Waals surface area (Å²) >= 11 is 0. The van der Waals surface area contributed by atoms with Crippen LogP contribution in [0.25, 0.3) is 0 Å². The minimum Gasteiger partial charge on any atom is -0.490 e. The molecule has 0 saturated carbocycles. The number of Topliss-reactive ketones (excluding diaryl/α,β-unsaturated/α-hetero) is 1. The van der Waals surface area contributed by atoms with Crippen molar-refractivity contribution in [3.63, 3.8) is 0 Å². The Morgan fingerprint density at radius 2 is 1.70 bits per heavy atom. The summed E-state index contributed by atoms with van der Waals surface area (Å²) in [5.41, 5.74) is -1.09. The van der Waals surface area contributed by atoms with Crippen LogP contribution in [0, 0.1) is 0 Å². The fourth-order valence-electron chi connectivity index (χ4n) is 1.54. The third-order valence-electron chi connectivity index (χ3n) is 2.63. The summed E-state index contributed by atoms with van der Waals surface area (Å²) in [5.74, 6) is -1.95. The maximum absolute atomic E-state index is 11.8. The Balaban J connectivity index is 2.41. The molecule has 0 aliphatic carbocycles. The number of rotatable bonds is 8. The molecule has 0 saturated heterocycles. The zero-order valence-electron chi connectivity index (χ0n) is 12.8. The molecule has 0 atom stereocenters. The van der Waals surface area contributed by atoms with Gasteiger partial charge in [0.05, 0.1) is 0 Å². The summed E-state index contributed by atoms with van der Waals surface area (Å²) in [6.07, 6.45) is 1.49. The van der Waals surface area contributed by atoms with Gasteiger partial charge in [-0.2, -0.15) is 0 Å². The molecule has 7 nitrogen and oxygen atoms in total. The largest absolute Gasteiger partial charge is 0.490 e. The molecule has 0 heterocycles. The first-order chi connectivity index (χ1) is 10.7.